The van der Waals surface area contributed by atoms with Gasteiger partial charge in [0.2, 0.25) is 5.95 Å². The van der Waals surface area contributed by atoms with Crippen LogP contribution in [0.1, 0.15) is 18.7 Å². The minimum absolute atomic E-state index is 0.0206. The lowest BCUT2D eigenvalue weighted by atomic mass is 10.1. The molecule has 0 saturated carbocycles. The van der Waals surface area contributed by atoms with Crippen LogP contribution in [0.2, 0.25) is 0 Å². The van der Waals surface area contributed by atoms with Crippen LogP contribution >= 0.6 is 11.3 Å². The lowest BCUT2D eigenvalue weighted by molar-refractivity contribution is 0.248. The summed E-state index contributed by atoms with van der Waals surface area (Å²) in [6, 6.07) is 11.6. The number of aliphatic hydroxyl groups excluding tert-OH is 1. The van der Waals surface area contributed by atoms with Gasteiger partial charge >= 0.3 is 0 Å². The van der Waals surface area contributed by atoms with E-state index in [0.717, 1.165) is 17.2 Å². The van der Waals surface area contributed by atoms with Gasteiger partial charge < -0.3 is 15.7 Å². The highest BCUT2D eigenvalue weighted by Crippen LogP contribution is 2.21. The molecule has 136 valence electrons. The number of pyridine rings is 1. The summed E-state index contributed by atoms with van der Waals surface area (Å²) < 4.78 is 0. The van der Waals surface area contributed by atoms with Gasteiger partial charge in [-0.25, -0.2) is 4.98 Å². The average Bonchev–Trinajstić information content (AvgIpc) is 3.18. The zero-order chi connectivity index (χ0) is 18.4. The monoisotopic (exact) mass is 369 g/mol. The third-order valence-electron chi connectivity index (χ3n) is 3.99. The second-order valence-corrected chi connectivity index (χ2v) is 7.32. The first-order valence-corrected chi connectivity index (χ1v) is 9.48. The number of anilines is 2. The van der Waals surface area contributed by atoms with Crippen LogP contribution in [-0.4, -0.2) is 32.7 Å². The lowest BCUT2D eigenvalue weighted by Crippen LogP contribution is -2.30. The highest BCUT2D eigenvalue weighted by molar-refractivity contribution is 7.09. The van der Waals surface area contributed by atoms with Crippen molar-refractivity contribution in [3.8, 4) is 11.4 Å². The number of rotatable bonds is 8. The molecule has 3 N–H and O–H groups in total. The van der Waals surface area contributed by atoms with Crippen molar-refractivity contribution < 1.29 is 5.11 Å². The molecule has 0 aliphatic rings. The summed E-state index contributed by atoms with van der Waals surface area (Å²) in [6.45, 7) is 4.81. The van der Waals surface area contributed by atoms with E-state index in [1.807, 2.05) is 44.2 Å². The summed E-state index contributed by atoms with van der Waals surface area (Å²) in [7, 11) is 0. The Morgan fingerprint density at radius 2 is 2.00 bits per heavy atom. The Bertz CT molecular complexity index is 808. The molecule has 0 aliphatic carbocycles. The van der Waals surface area contributed by atoms with Crippen molar-refractivity contribution in [1.82, 2.24) is 15.0 Å². The van der Waals surface area contributed by atoms with Gasteiger partial charge in [-0.2, -0.15) is 4.98 Å². The molecule has 0 spiro atoms. The Morgan fingerprint density at radius 3 is 2.65 bits per heavy atom. The molecule has 3 aromatic rings. The van der Waals surface area contributed by atoms with E-state index < -0.39 is 0 Å². The molecular formula is C19H23N5OS. The zero-order valence-corrected chi connectivity index (χ0v) is 15.7. The molecule has 3 rings (SSSR count). The smallest absolute Gasteiger partial charge is 0.225 e. The van der Waals surface area contributed by atoms with E-state index in [1.54, 1.807) is 17.5 Å². The standard InChI is InChI=1S/C19H23N5OS/c1-13(2)17(12-25)23-19-22-16(15-7-3-4-8-20-15)10-18(24-19)21-11-14-6-5-9-26-14/h3-10,13,17,25H,11-12H2,1-2H3,(H2,21,22,23,24)/t17-/m1/s1. The normalized spacial score (nSPS) is 12.2. The Morgan fingerprint density at radius 1 is 1.12 bits per heavy atom. The fourth-order valence-corrected chi connectivity index (χ4v) is 3.07. The number of aromatic nitrogens is 3. The van der Waals surface area contributed by atoms with Crippen molar-refractivity contribution in [2.24, 2.45) is 5.92 Å². The Balaban J connectivity index is 1.88. The Hall–Kier alpha value is -2.51. The van der Waals surface area contributed by atoms with E-state index in [0.29, 0.717) is 12.5 Å². The van der Waals surface area contributed by atoms with Crippen molar-refractivity contribution in [2.75, 3.05) is 17.2 Å². The predicted octanol–water partition coefficient (Wildman–Crippen LogP) is 3.64. The molecule has 0 bridgehead atoms. The minimum Gasteiger partial charge on any atom is -0.394 e. The van der Waals surface area contributed by atoms with Gasteiger partial charge in [0.25, 0.3) is 0 Å². The van der Waals surface area contributed by atoms with Gasteiger partial charge in [0.05, 0.1) is 30.6 Å². The molecule has 7 heteroatoms. The summed E-state index contributed by atoms with van der Waals surface area (Å²) >= 11 is 1.70. The largest absolute Gasteiger partial charge is 0.394 e. The fourth-order valence-electron chi connectivity index (χ4n) is 2.43. The number of aliphatic hydroxyl groups is 1. The number of hydrogen-bond acceptors (Lipinski definition) is 7. The summed E-state index contributed by atoms with van der Waals surface area (Å²) in [5.74, 6) is 1.45. The predicted molar refractivity (Wildman–Crippen MR) is 106 cm³/mol. The quantitative estimate of drug-likeness (QED) is 0.562. The first kappa shape index (κ1) is 18.3. The minimum atomic E-state index is -0.112. The van der Waals surface area contributed by atoms with Gasteiger partial charge in [-0.05, 0) is 29.5 Å². The van der Waals surface area contributed by atoms with E-state index >= 15 is 0 Å². The highest BCUT2D eigenvalue weighted by atomic mass is 32.1. The van der Waals surface area contributed by atoms with Crippen molar-refractivity contribution in [2.45, 2.75) is 26.4 Å². The van der Waals surface area contributed by atoms with Gasteiger partial charge in [-0.15, -0.1) is 11.3 Å². The van der Waals surface area contributed by atoms with Crippen LogP contribution in [0.3, 0.4) is 0 Å². The number of nitrogens with one attached hydrogen (secondary N) is 2. The van der Waals surface area contributed by atoms with Crippen molar-refractivity contribution >= 4 is 23.1 Å². The maximum absolute atomic E-state index is 9.60. The van der Waals surface area contributed by atoms with E-state index in [1.165, 1.54) is 4.88 Å². The molecule has 6 nitrogen and oxygen atoms in total. The lowest BCUT2D eigenvalue weighted by Gasteiger charge is -2.20. The third kappa shape index (κ3) is 4.77. The molecule has 0 radical (unpaired) electrons. The molecule has 3 heterocycles. The van der Waals surface area contributed by atoms with Crippen LogP contribution in [0.5, 0.6) is 0 Å². The van der Waals surface area contributed by atoms with Crippen molar-refractivity contribution in [3.05, 3.63) is 52.9 Å². The van der Waals surface area contributed by atoms with Crippen LogP contribution in [-0.2, 0) is 6.54 Å². The first-order valence-electron chi connectivity index (χ1n) is 8.60. The molecule has 0 saturated heterocycles. The fraction of sp³-hybridized carbons (Fsp3) is 0.316. The maximum Gasteiger partial charge on any atom is 0.225 e. The van der Waals surface area contributed by atoms with Gasteiger partial charge in [0.1, 0.15) is 5.82 Å². The topological polar surface area (TPSA) is 83.0 Å². The Kier molecular flexibility index (Phi) is 6.14. The van der Waals surface area contributed by atoms with E-state index in [-0.39, 0.29) is 18.6 Å². The third-order valence-corrected chi connectivity index (χ3v) is 4.87. The number of hydrogen-bond donors (Lipinski definition) is 3. The second kappa shape index (κ2) is 8.73. The molecule has 1 atom stereocenters. The first-order chi connectivity index (χ1) is 12.7. The second-order valence-electron chi connectivity index (χ2n) is 6.29. The maximum atomic E-state index is 9.60. The van der Waals surface area contributed by atoms with Crippen LogP contribution < -0.4 is 10.6 Å². The molecule has 0 aromatic carbocycles. The van der Waals surface area contributed by atoms with Crippen LogP contribution in [0, 0.1) is 5.92 Å². The van der Waals surface area contributed by atoms with Crippen LogP contribution in [0.15, 0.2) is 48.0 Å². The van der Waals surface area contributed by atoms with Gasteiger partial charge in [0, 0.05) is 17.1 Å². The highest BCUT2D eigenvalue weighted by Gasteiger charge is 2.15. The molecule has 0 fully saturated rings. The zero-order valence-electron chi connectivity index (χ0n) is 14.9. The Labute approximate surface area is 157 Å². The summed E-state index contributed by atoms with van der Waals surface area (Å²) in [6.07, 6.45) is 1.74. The SMILES string of the molecule is CC(C)[C@@H](CO)Nc1nc(NCc2cccs2)cc(-c2ccccn2)n1. The van der Waals surface area contributed by atoms with Gasteiger partial charge in [-0.1, -0.05) is 26.0 Å². The molecule has 0 aliphatic heterocycles. The molecule has 0 unspecified atom stereocenters. The molecule has 26 heavy (non-hydrogen) atoms. The summed E-state index contributed by atoms with van der Waals surface area (Å²) in [5.41, 5.74) is 1.51. The van der Waals surface area contributed by atoms with Crippen LogP contribution in [0.4, 0.5) is 11.8 Å². The molecule has 3 aromatic heterocycles. The number of nitrogens with zero attached hydrogens (tertiary/aromatic N) is 3. The van der Waals surface area contributed by atoms with E-state index in [4.69, 9.17) is 0 Å². The van der Waals surface area contributed by atoms with Gasteiger partial charge in [0.15, 0.2) is 0 Å². The number of thiophene rings is 1. The van der Waals surface area contributed by atoms with Gasteiger partial charge in [-0.3, -0.25) is 4.98 Å². The summed E-state index contributed by atoms with van der Waals surface area (Å²) in [4.78, 5) is 14.8. The van der Waals surface area contributed by atoms with E-state index in [2.05, 4.69) is 37.0 Å². The summed E-state index contributed by atoms with van der Waals surface area (Å²) in [5, 5.41) is 18.2. The molecule has 0 amide bonds. The van der Waals surface area contributed by atoms with Crippen molar-refractivity contribution in [3.63, 3.8) is 0 Å². The molecular weight excluding hydrogens is 346 g/mol. The van der Waals surface area contributed by atoms with Crippen molar-refractivity contribution in [1.29, 1.82) is 0 Å². The van der Waals surface area contributed by atoms with E-state index in [9.17, 15) is 5.11 Å². The average molecular weight is 369 g/mol. The van der Waals surface area contributed by atoms with Crippen LogP contribution in [0.25, 0.3) is 11.4 Å².